The Bertz CT molecular complexity index is 4850. The predicted molar refractivity (Wildman–Crippen MR) is 397 cm³/mol. The van der Waals surface area contributed by atoms with Crippen LogP contribution >= 0.6 is 41.9 Å². The summed E-state index contributed by atoms with van der Waals surface area (Å²) in [7, 11) is 0. The number of imidazole rings is 1. The SMILES string of the molecule is Cc1cn([C@H]2CC(OP(=S)(OCCOCCOCCN)OC[C@H]3O[C@@H](n4ccc(N)nc4=O)CC3C(C)C)[C@@H](COP(=O)([S-])OC3C[C@H](n4cnc5c(=O)[nH]c(N)nc54)O[C@@H]3COP(=S)([S-])OC3C[C@H](n4ccc(N)nc4=O)O[C@@H]3COP([O-])(=S)OC3C[C@H](n4cc(Br)c(=O)[nH]c4=O)O[C@@H]3CO)O2)c(=O)[nH]c1=O. The molecule has 0 saturated carbocycles. The van der Waals surface area contributed by atoms with Crippen LogP contribution in [0.5, 0.6) is 0 Å². The fraction of sp³-hybridized carbons (Fsp3) is 0.625. The molecule has 0 aliphatic carbocycles. The lowest BCUT2D eigenvalue weighted by Gasteiger charge is -2.36. The molecule has 5 saturated heterocycles. The summed E-state index contributed by atoms with van der Waals surface area (Å²) in [6.45, 7) is -10.2. The molecule has 5 fully saturated rings. The molecule has 5 aliphatic rings. The average molecular weight is 1750 g/mol. The van der Waals surface area contributed by atoms with Gasteiger partial charge in [-0.25, -0.2) is 24.2 Å². The van der Waals surface area contributed by atoms with Crippen LogP contribution < -0.4 is 67.3 Å². The van der Waals surface area contributed by atoms with Crippen molar-refractivity contribution in [2.45, 2.75) is 139 Å². The van der Waals surface area contributed by atoms with Gasteiger partial charge in [0.05, 0.1) is 113 Å². The van der Waals surface area contributed by atoms with Crippen molar-refractivity contribution in [2.75, 3.05) is 89.8 Å². The number of fused-ring (bicyclic) bond motifs is 1. The van der Waals surface area contributed by atoms with Gasteiger partial charge in [0.1, 0.15) is 73.9 Å². The average Bonchev–Trinajstić information content (AvgIpc) is 1.62. The molecule has 42 nitrogen and oxygen atoms in total. The minimum Gasteiger partial charge on any atom is -0.780 e. The van der Waals surface area contributed by atoms with Gasteiger partial charge in [-0.1, -0.05) is 37.5 Å². The number of aromatic amines is 3. The number of aryl methyl sites for hydroxylation is 1. The highest BCUT2D eigenvalue weighted by Gasteiger charge is 2.47. The van der Waals surface area contributed by atoms with Crippen molar-refractivity contribution in [2.24, 2.45) is 17.6 Å². The third-order valence-corrected chi connectivity index (χ3v) is 25.8. The molecular weight excluding hydrogens is 1680 g/mol. The molecule has 9 unspecified atom stereocenters. The summed E-state index contributed by atoms with van der Waals surface area (Å²) >= 11 is 31.8. The first-order valence-corrected chi connectivity index (χ1v) is 45.3. The van der Waals surface area contributed by atoms with Gasteiger partial charge in [0.2, 0.25) is 5.95 Å². The van der Waals surface area contributed by atoms with Gasteiger partial charge in [0.25, 0.3) is 16.7 Å². The van der Waals surface area contributed by atoms with E-state index in [1.807, 2.05) is 13.8 Å². The van der Waals surface area contributed by atoms with Gasteiger partial charge >= 0.3 is 29.5 Å². The molecule has 6 aromatic heterocycles. The smallest absolute Gasteiger partial charge is 0.351 e. The highest BCUT2D eigenvalue weighted by molar-refractivity contribution is 9.10. The highest BCUT2D eigenvalue weighted by atomic mass is 79.9. The lowest BCUT2D eigenvalue weighted by atomic mass is 9.89. The molecule has 0 aromatic carbocycles. The number of aliphatic hydroxyl groups excluding tert-OH is 1. The molecule has 108 heavy (non-hydrogen) atoms. The molecule has 0 amide bonds. The summed E-state index contributed by atoms with van der Waals surface area (Å²) in [5.41, 5.74) is 13.8. The molecule has 12 N–H and O–H groups in total. The van der Waals surface area contributed by atoms with Crippen LogP contribution in [-0.4, -0.2) is 190 Å². The maximum absolute atomic E-state index is 14.9. The van der Waals surface area contributed by atoms with Gasteiger partial charge in [0, 0.05) is 62.6 Å². The number of aromatic nitrogens is 12. The van der Waals surface area contributed by atoms with Crippen molar-refractivity contribution in [3.63, 3.8) is 0 Å². The van der Waals surface area contributed by atoms with Crippen LogP contribution in [0.2, 0.25) is 0 Å². The van der Waals surface area contributed by atoms with Crippen LogP contribution in [0.25, 0.3) is 11.2 Å². The van der Waals surface area contributed by atoms with E-state index in [9.17, 15) is 48.1 Å². The van der Waals surface area contributed by atoms with E-state index in [1.54, 1.807) is 0 Å². The highest BCUT2D eigenvalue weighted by Crippen LogP contribution is 2.57. The summed E-state index contributed by atoms with van der Waals surface area (Å²) in [6, 6.07) is 2.80. The second kappa shape index (κ2) is 36.3. The Morgan fingerprint density at radius 1 is 0.611 bits per heavy atom. The fourth-order valence-electron chi connectivity index (χ4n) is 12.4. The lowest BCUT2D eigenvalue weighted by Crippen LogP contribution is -2.33. The second-order valence-electron chi connectivity index (χ2n) is 25.3. The molecular formula is C56H76BrN16O26P4S5-3. The Morgan fingerprint density at radius 3 is 1.71 bits per heavy atom. The lowest BCUT2D eigenvalue weighted by molar-refractivity contribution is -0.215. The van der Waals surface area contributed by atoms with E-state index in [-0.39, 0.29) is 109 Å². The Hall–Kier alpha value is -4.53. The topological polar surface area (TPSA) is 555 Å². The van der Waals surface area contributed by atoms with E-state index < -0.39 is 178 Å². The third kappa shape index (κ3) is 21.3. The molecule has 11 heterocycles. The quantitative estimate of drug-likeness (QED) is 0.0147. The van der Waals surface area contributed by atoms with Gasteiger partial charge in [0.15, 0.2) is 18.0 Å². The zero-order valence-corrected chi connectivity index (χ0v) is 66.5. The van der Waals surface area contributed by atoms with Crippen LogP contribution in [0.1, 0.15) is 82.7 Å². The molecule has 52 heteroatoms. The zero-order chi connectivity index (χ0) is 77.7. The predicted octanol–water partition coefficient (Wildman–Crippen LogP) is 0.105. The summed E-state index contributed by atoms with van der Waals surface area (Å²) in [5, 5.41) is 10.2. The number of nitrogen functional groups attached to an aromatic ring is 3. The molecule has 19 atom stereocenters. The minimum absolute atomic E-state index is 0.00991. The molecule has 5 aliphatic heterocycles. The molecule has 11 rings (SSSR count). The monoisotopic (exact) mass is 1750 g/mol. The maximum atomic E-state index is 14.9. The first kappa shape index (κ1) is 84.4. The molecule has 0 bridgehead atoms. The molecule has 0 spiro atoms. The van der Waals surface area contributed by atoms with Crippen molar-refractivity contribution in [3.05, 3.63) is 126 Å². The van der Waals surface area contributed by atoms with Crippen molar-refractivity contribution in [1.82, 2.24) is 57.7 Å². The third-order valence-electron chi connectivity index (χ3n) is 17.6. The number of hydrogen-bond acceptors (Lipinski definition) is 39. The molecule has 6 aromatic rings. The van der Waals surface area contributed by atoms with Crippen molar-refractivity contribution in [1.29, 1.82) is 0 Å². The summed E-state index contributed by atoms with van der Waals surface area (Å²) in [6.07, 6.45) is -10.5. The van der Waals surface area contributed by atoms with Crippen molar-refractivity contribution < 1.29 is 88.4 Å². The van der Waals surface area contributed by atoms with Gasteiger partial charge in [-0.3, -0.25) is 56.7 Å². The number of H-pyrrole nitrogens is 3. The van der Waals surface area contributed by atoms with Crippen LogP contribution in [0, 0.1) is 18.8 Å². The normalized spacial score (nSPS) is 28.2. The molecule has 596 valence electrons. The summed E-state index contributed by atoms with van der Waals surface area (Å²) < 4.78 is 119. The molecule has 0 radical (unpaired) electrons. The van der Waals surface area contributed by atoms with Crippen LogP contribution in [0.4, 0.5) is 17.6 Å². The van der Waals surface area contributed by atoms with Crippen LogP contribution in [0.15, 0.2) is 81.3 Å². The largest absolute Gasteiger partial charge is 0.780 e. The number of nitrogens with zero attached hydrogens (tertiary/aromatic N) is 9. The van der Waals surface area contributed by atoms with Crippen LogP contribution in [-0.2, 0) is 138 Å². The van der Waals surface area contributed by atoms with Gasteiger partial charge in [-0.15, -0.1) is 0 Å². The van der Waals surface area contributed by atoms with E-state index in [0.29, 0.717) is 19.6 Å². The standard InChI is InChI=1S/C56H79BrN16O26P4S5/c1-27(2)29-14-42(69-7-4-40(59)63-53(69)78)92-36(29)22-89-102(106,86-13-12-85-11-10-84-9-6-58)98-33-17-44(71-19-28(3)49(75)67-55(71)80)94-37(33)23-87-101(83,105)97-32-16-46(73-26-62-47-48(73)65-52(61)66-51(47)77)95-39(32)25-90-103(107,108)99-34-18-43(70-8-5-41(60)64-54(70)79)93-38(34)24-88-100(82,104)96-31-15-45(91-35(31)21-74)72-20-30(57)50(76)68-56(72)81/h4-5,7-8,19-20,26-27,29,31-39,42-46,74H,6,9-18,21-25,58H2,1-3H3,(H,82,104)(H,83,105)(H,107,108)(H2,59,63,78)(H2,60,64,79)(H,67,75,80)(H,68,76,81)(H3,61,65,66,77)/p-3/t29?,31?,32?,33?,34?,35-,36-,37-,38-,39-,42-,43-,44-,45-,46-,100?,101?,102?/m1/s1. The first-order valence-electron chi connectivity index (χ1n) is 33.2. The number of hydrogen-bond donors (Lipinski definition) is 8. The van der Waals surface area contributed by atoms with E-state index in [2.05, 4.69) is 50.8 Å². The number of anilines is 3. The van der Waals surface area contributed by atoms with E-state index in [4.69, 9.17) is 157 Å². The number of nitrogens with two attached hydrogens (primary N) is 4. The Balaban J connectivity index is 0.816. The summed E-state index contributed by atoms with van der Waals surface area (Å²) in [5.74, 6) is -0.573. The number of nitrogens with one attached hydrogen (secondary N) is 3. The van der Waals surface area contributed by atoms with Crippen molar-refractivity contribution >= 4 is 131 Å². The fourth-order valence-corrected chi connectivity index (χ4v) is 19.7. The second-order valence-corrected chi connectivity index (χ2v) is 39.5. The van der Waals surface area contributed by atoms with Gasteiger partial charge < -0.3 is 131 Å². The van der Waals surface area contributed by atoms with Crippen LogP contribution in [0.3, 0.4) is 0 Å². The van der Waals surface area contributed by atoms with Gasteiger partial charge in [-0.2, -0.15) is 15.0 Å². The van der Waals surface area contributed by atoms with E-state index in [0.717, 1.165) is 13.7 Å². The van der Waals surface area contributed by atoms with Crippen molar-refractivity contribution in [3.8, 4) is 0 Å². The first-order chi connectivity index (χ1) is 51.2. The number of aliphatic hydroxyl groups is 1. The van der Waals surface area contributed by atoms with E-state index in [1.165, 1.54) is 59.3 Å². The number of rotatable bonds is 36. The Labute approximate surface area is 645 Å². The Morgan fingerprint density at radius 2 is 1.11 bits per heavy atom. The minimum atomic E-state index is -4.83. The van der Waals surface area contributed by atoms with E-state index >= 15 is 0 Å². The number of ether oxygens (including phenoxy) is 7. The van der Waals surface area contributed by atoms with Gasteiger partial charge in [-0.05, 0) is 65.0 Å². The Kier molecular flexibility index (Phi) is 28.4. The summed E-state index contributed by atoms with van der Waals surface area (Å²) in [4.78, 5) is 127. The maximum Gasteiger partial charge on any atom is 0.351 e. The zero-order valence-electron chi connectivity index (χ0n) is 57.3. The number of halogens is 1.